The minimum Gasteiger partial charge on any atom is -0.325 e. The highest BCUT2D eigenvalue weighted by Crippen LogP contribution is 2.26. The number of benzene rings is 2. The van der Waals surface area contributed by atoms with Gasteiger partial charge in [0.1, 0.15) is 5.82 Å². The molecule has 3 aromatic rings. The number of halogens is 2. The SMILES string of the molecule is Cn1c(CSCc2ccc(Cl)cc2Cl)nnc1SCC(=O)Nc1ccc([N+](=O)[O-])cc1. The Morgan fingerprint density at radius 2 is 1.90 bits per heavy atom. The topological polar surface area (TPSA) is 103 Å². The number of rotatable bonds is 9. The molecule has 162 valence electrons. The first-order chi connectivity index (χ1) is 14.8. The van der Waals surface area contributed by atoms with Crippen molar-refractivity contribution in [3.63, 3.8) is 0 Å². The van der Waals surface area contributed by atoms with Gasteiger partial charge < -0.3 is 9.88 Å². The largest absolute Gasteiger partial charge is 0.325 e. The molecule has 0 aliphatic carbocycles. The monoisotopic (exact) mass is 497 g/mol. The average Bonchev–Trinajstić information content (AvgIpc) is 3.08. The highest BCUT2D eigenvalue weighted by atomic mass is 35.5. The van der Waals surface area contributed by atoms with E-state index in [4.69, 9.17) is 23.2 Å². The molecule has 1 aromatic heterocycles. The maximum Gasteiger partial charge on any atom is 0.269 e. The highest BCUT2D eigenvalue weighted by Gasteiger charge is 2.13. The van der Waals surface area contributed by atoms with Crippen LogP contribution < -0.4 is 5.32 Å². The molecule has 31 heavy (non-hydrogen) atoms. The van der Waals surface area contributed by atoms with Crippen molar-refractivity contribution in [3.8, 4) is 0 Å². The second-order valence-corrected chi connectivity index (χ2v) is 9.10. The lowest BCUT2D eigenvalue weighted by atomic mass is 10.2. The molecule has 1 amide bonds. The number of thioether (sulfide) groups is 2. The minimum atomic E-state index is -0.491. The number of carbonyl (C=O) groups excluding carboxylic acids is 1. The molecule has 12 heteroatoms. The van der Waals surface area contributed by atoms with Crippen molar-refractivity contribution in [2.75, 3.05) is 11.1 Å². The summed E-state index contributed by atoms with van der Waals surface area (Å²) in [5.41, 5.74) is 1.46. The molecule has 0 atom stereocenters. The number of carbonyl (C=O) groups is 1. The van der Waals surface area contributed by atoms with Crippen LogP contribution in [0.4, 0.5) is 11.4 Å². The zero-order valence-corrected chi connectivity index (χ0v) is 19.4. The van der Waals surface area contributed by atoms with Gasteiger partial charge in [-0.3, -0.25) is 14.9 Å². The van der Waals surface area contributed by atoms with Crippen molar-refractivity contribution in [1.82, 2.24) is 14.8 Å². The Bertz CT molecular complexity index is 1090. The van der Waals surface area contributed by atoms with Crippen molar-refractivity contribution < 1.29 is 9.72 Å². The van der Waals surface area contributed by atoms with Crippen LogP contribution >= 0.6 is 46.7 Å². The summed E-state index contributed by atoms with van der Waals surface area (Å²) < 4.78 is 1.85. The van der Waals surface area contributed by atoms with E-state index >= 15 is 0 Å². The zero-order chi connectivity index (χ0) is 22.4. The first-order valence-electron chi connectivity index (χ1n) is 8.90. The molecule has 1 N–H and O–H groups in total. The number of nitrogens with zero attached hydrogens (tertiary/aromatic N) is 4. The van der Waals surface area contributed by atoms with Gasteiger partial charge in [0.2, 0.25) is 5.91 Å². The molecule has 0 spiro atoms. The number of nitro groups is 1. The molecule has 2 aromatic carbocycles. The Morgan fingerprint density at radius 1 is 1.16 bits per heavy atom. The van der Waals surface area contributed by atoms with E-state index in [2.05, 4.69) is 15.5 Å². The third-order valence-electron chi connectivity index (χ3n) is 4.12. The van der Waals surface area contributed by atoms with Gasteiger partial charge in [0.15, 0.2) is 5.16 Å². The molecular weight excluding hydrogens is 481 g/mol. The Kier molecular flexibility index (Phi) is 8.19. The number of aromatic nitrogens is 3. The number of nitro benzene ring substituents is 1. The van der Waals surface area contributed by atoms with Crippen molar-refractivity contribution in [1.29, 1.82) is 0 Å². The van der Waals surface area contributed by atoms with Gasteiger partial charge in [-0.05, 0) is 29.8 Å². The fraction of sp³-hybridized carbons (Fsp3) is 0.211. The quantitative estimate of drug-likeness (QED) is 0.246. The van der Waals surface area contributed by atoms with E-state index in [1.807, 2.05) is 23.7 Å². The van der Waals surface area contributed by atoms with E-state index in [1.54, 1.807) is 17.8 Å². The van der Waals surface area contributed by atoms with Gasteiger partial charge in [0.25, 0.3) is 5.69 Å². The predicted octanol–water partition coefficient (Wildman–Crippen LogP) is 5.19. The van der Waals surface area contributed by atoms with Crippen molar-refractivity contribution in [2.45, 2.75) is 16.7 Å². The molecule has 0 unspecified atom stereocenters. The fourth-order valence-corrected chi connectivity index (χ4v) is 4.77. The van der Waals surface area contributed by atoms with Crippen LogP contribution in [0.3, 0.4) is 0 Å². The summed E-state index contributed by atoms with van der Waals surface area (Å²) in [6.45, 7) is 0. The second-order valence-electron chi connectivity index (χ2n) is 6.33. The zero-order valence-electron chi connectivity index (χ0n) is 16.2. The molecule has 1 heterocycles. The van der Waals surface area contributed by atoms with Crippen molar-refractivity contribution in [2.24, 2.45) is 7.05 Å². The van der Waals surface area contributed by atoms with Crippen LogP contribution in [-0.2, 0) is 23.3 Å². The average molecular weight is 498 g/mol. The molecule has 0 saturated carbocycles. The first kappa shape index (κ1) is 23.4. The maximum atomic E-state index is 12.2. The standard InChI is InChI=1S/C19H17Cl2N5O3S2/c1-25-17(10-30-9-12-2-3-13(20)8-16(12)21)23-24-19(25)31-11-18(27)22-14-4-6-15(7-5-14)26(28)29/h2-8H,9-11H2,1H3,(H,22,27). The van der Waals surface area contributed by atoms with Gasteiger partial charge >= 0.3 is 0 Å². The number of nitrogens with one attached hydrogen (secondary N) is 1. The van der Waals surface area contributed by atoms with Gasteiger partial charge in [-0.1, -0.05) is 41.0 Å². The fourth-order valence-electron chi connectivity index (χ4n) is 2.48. The summed E-state index contributed by atoms with van der Waals surface area (Å²) in [5.74, 6) is 2.03. The lowest BCUT2D eigenvalue weighted by molar-refractivity contribution is -0.384. The highest BCUT2D eigenvalue weighted by molar-refractivity contribution is 7.99. The van der Waals surface area contributed by atoms with E-state index in [0.29, 0.717) is 32.4 Å². The lowest BCUT2D eigenvalue weighted by Crippen LogP contribution is -2.14. The molecule has 0 saturated heterocycles. The van der Waals surface area contributed by atoms with Crippen LogP contribution in [0.5, 0.6) is 0 Å². The van der Waals surface area contributed by atoms with Gasteiger partial charge in [-0.25, -0.2) is 0 Å². The number of non-ortho nitro benzene ring substituents is 1. The lowest BCUT2D eigenvalue weighted by Gasteiger charge is -2.06. The van der Waals surface area contributed by atoms with E-state index in [0.717, 1.165) is 11.4 Å². The van der Waals surface area contributed by atoms with E-state index in [1.165, 1.54) is 36.0 Å². The van der Waals surface area contributed by atoms with Crippen LogP contribution in [0.25, 0.3) is 0 Å². The van der Waals surface area contributed by atoms with Gasteiger partial charge in [0, 0.05) is 40.7 Å². The molecule has 0 bridgehead atoms. The van der Waals surface area contributed by atoms with Crippen LogP contribution in [0, 0.1) is 10.1 Å². The number of hydrogen-bond acceptors (Lipinski definition) is 7. The summed E-state index contributed by atoms with van der Waals surface area (Å²) in [5, 5.41) is 23.6. The van der Waals surface area contributed by atoms with Crippen molar-refractivity contribution in [3.05, 3.63) is 74.0 Å². The number of anilines is 1. The van der Waals surface area contributed by atoms with E-state index in [9.17, 15) is 14.9 Å². The van der Waals surface area contributed by atoms with Crippen LogP contribution in [-0.4, -0.2) is 31.3 Å². The molecule has 0 aliphatic heterocycles. The summed E-state index contributed by atoms with van der Waals surface area (Å²) >= 11 is 15.0. The van der Waals surface area contributed by atoms with Crippen LogP contribution in [0.1, 0.15) is 11.4 Å². The van der Waals surface area contributed by atoms with E-state index < -0.39 is 4.92 Å². The van der Waals surface area contributed by atoms with Crippen molar-refractivity contribution >= 4 is 64.0 Å². The van der Waals surface area contributed by atoms with Gasteiger partial charge in [-0.2, -0.15) is 0 Å². The van der Waals surface area contributed by atoms with Crippen LogP contribution in [0.15, 0.2) is 47.6 Å². The molecule has 0 radical (unpaired) electrons. The van der Waals surface area contributed by atoms with E-state index in [-0.39, 0.29) is 17.3 Å². The van der Waals surface area contributed by atoms with Gasteiger partial charge in [0.05, 0.1) is 16.4 Å². The molecule has 8 nitrogen and oxygen atoms in total. The predicted molar refractivity (Wildman–Crippen MR) is 125 cm³/mol. The van der Waals surface area contributed by atoms with Gasteiger partial charge in [-0.15, -0.1) is 22.0 Å². The number of hydrogen-bond donors (Lipinski definition) is 1. The normalized spacial score (nSPS) is 10.8. The maximum absolute atomic E-state index is 12.2. The smallest absolute Gasteiger partial charge is 0.269 e. The Morgan fingerprint density at radius 3 is 2.58 bits per heavy atom. The summed E-state index contributed by atoms with van der Waals surface area (Å²) in [6.07, 6.45) is 0. The third-order valence-corrected chi connectivity index (χ3v) is 6.71. The Hall–Kier alpha value is -2.27. The molecule has 0 fully saturated rings. The summed E-state index contributed by atoms with van der Waals surface area (Å²) in [7, 11) is 1.85. The molecule has 3 rings (SSSR count). The minimum absolute atomic E-state index is 0.0322. The second kappa shape index (κ2) is 10.9. The third kappa shape index (κ3) is 6.60. The molecular formula is C19H17Cl2N5O3S2. The molecule has 0 aliphatic rings. The first-order valence-corrected chi connectivity index (χ1v) is 11.8. The summed E-state index contributed by atoms with van der Waals surface area (Å²) in [6, 6.07) is 11.1. The number of amides is 1. The Balaban J connectivity index is 1.48. The summed E-state index contributed by atoms with van der Waals surface area (Å²) in [4.78, 5) is 22.3. The Labute approximate surface area is 196 Å². The van der Waals surface area contributed by atoms with Crippen LogP contribution in [0.2, 0.25) is 10.0 Å².